The zero-order valence-electron chi connectivity index (χ0n) is 15.2. The van der Waals surface area contributed by atoms with E-state index < -0.39 is 11.7 Å². The van der Waals surface area contributed by atoms with Crippen LogP contribution in [0.3, 0.4) is 0 Å². The maximum Gasteiger partial charge on any atom is 0.410 e. The molecule has 0 spiro atoms. The van der Waals surface area contributed by atoms with E-state index in [-0.39, 0.29) is 18.0 Å². The van der Waals surface area contributed by atoms with E-state index >= 15 is 0 Å². The minimum Gasteiger partial charge on any atom is -0.444 e. The van der Waals surface area contributed by atoms with Crippen molar-refractivity contribution in [2.75, 3.05) is 26.2 Å². The van der Waals surface area contributed by atoms with Gasteiger partial charge in [0.15, 0.2) is 0 Å². The van der Waals surface area contributed by atoms with Gasteiger partial charge in [0, 0.05) is 32.2 Å². The minimum atomic E-state index is -0.536. The van der Waals surface area contributed by atoms with E-state index in [1.165, 1.54) is 4.90 Å². The number of ether oxygens (including phenoxy) is 1. The Hall–Kier alpha value is -1.56. The first kappa shape index (κ1) is 18.8. The monoisotopic (exact) mass is 337 g/mol. The largest absolute Gasteiger partial charge is 0.444 e. The number of nitrogens with one attached hydrogen (secondary N) is 1. The van der Waals surface area contributed by atoms with E-state index in [1.807, 2.05) is 26.8 Å². The van der Waals surface area contributed by atoms with Crippen molar-refractivity contribution >= 4 is 12.0 Å². The van der Waals surface area contributed by atoms with Gasteiger partial charge >= 0.3 is 6.09 Å². The van der Waals surface area contributed by atoms with Gasteiger partial charge in [-0.1, -0.05) is 6.08 Å². The van der Waals surface area contributed by atoms with Gasteiger partial charge in [0.25, 0.3) is 0 Å². The molecule has 2 aliphatic heterocycles. The van der Waals surface area contributed by atoms with Crippen molar-refractivity contribution in [3.05, 3.63) is 12.7 Å². The summed E-state index contributed by atoms with van der Waals surface area (Å²) in [4.78, 5) is 28.5. The Morgan fingerprint density at radius 2 is 1.88 bits per heavy atom. The normalized spacial score (nSPS) is 22.6. The number of carbonyl (C=O) groups excluding carboxylic acids is 2. The van der Waals surface area contributed by atoms with Gasteiger partial charge < -0.3 is 15.0 Å². The van der Waals surface area contributed by atoms with E-state index in [0.29, 0.717) is 13.0 Å². The molecule has 6 heteroatoms. The van der Waals surface area contributed by atoms with Gasteiger partial charge in [-0.15, -0.1) is 6.58 Å². The van der Waals surface area contributed by atoms with Crippen LogP contribution in [-0.4, -0.2) is 65.7 Å². The Kier molecular flexibility index (Phi) is 6.27. The van der Waals surface area contributed by atoms with E-state index in [9.17, 15) is 9.59 Å². The molecule has 0 radical (unpaired) electrons. The highest BCUT2D eigenvalue weighted by atomic mass is 16.6. The molecule has 0 saturated carbocycles. The number of piperidine rings is 1. The number of nitrogens with zero attached hydrogens (tertiary/aromatic N) is 2. The van der Waals surface area contributed by atoms with E-state index in [4.69, 9.17) is 4.74 Å². The SMILES string of the molecule is C=CCCN1CCC(NC(=O)[C@H]2CCN2C(=O)OC(C)(C)C)CC1. The van der Waals surface area contributed by atoms with Crippen molar-refractivity contribution in [2.45, 2.75) is 64.1 Å². The Morgan fingerprint density at radius 3 is 2.38 bits per heavy atom. The Balaban J connectivity index is 1.75. The fourth-order valence-corrected chi connectivity index (χ4v) is 3.07. The molecule has 0 bridgehead atoms. The lowest BCUT2D eigenvalue weighted by atomic mass is 10.00. The summed E-state index contributed by atoms with van der Waals surface area (Å²) in [6.45, 7) is 12.9. The molecule has 2 aliphatic rings. The second kappa shape index (κ2) is 8.01. The van der Waals surface area contributed by atoms with Gasteiger partial charge in [0.2, 0.25) is 5.91 Å². The summed E-state index contributed by atoms with van der Waals surface area (Å²) >= 11 is 0. The van der Waals surface area contributed by atoms with Gasteiger partial charge in [0.05, 0.1) is 0 Å². The van der Waals surface area contributed by atoms with Crippen molar-refractivity contribution in [1.82, 2.24) is 15.1 Å². The second-order valence-corrected chi connectivity index (χ2v) is 7.68. The van der Waals surface area contributed by atoms with Crippen molar-refractivity contribution in [1.29, 1.82) is 0 Å². The highest BCUT2D eigenvalue weighted by Gasteiger charge is 2.40. The average Bonchev–Trinajstić information content (AvgIpc) is 2.43. The molecular weight excluding hydrogens is 306 g/mol. The van der Waals surface area contributed by atoms with Crippen molar-refractivity contribution in [3.8, 4) is 0 Å². The zero-order chi connectivity index (χ0) is 17.7. The first-order valence-corrected chi connectivity index (χ1v) is 8.93. The maximum atomic E-state index is 12.4. The molecule has 2 saturated heterocycles. The van der Waals surface area contributed by atoms with Crippen molar-refractivity contribution < 1.29 is 14.3 Å². The van der Waals surface area contributed by atoms with Crippen LogP contribution in [0.5, 0.6) is 0 Å². The van der Waals surface area contributed by atoms with Crippen LogP contribution in [0.2, 0.25) is 0 Å². The van der Waals surface area contributed by atoms with Crippen LogP contribution >= 0.6 is 0 Å². The minimum absolute atomic E-state index is 0.0448. The van der Waals surface area contributed by atoms with Crippen molar-refractivity contribution in [2.24, 2.45) is 0 Å². The molecule has 0 aliphatic carbocycles. The lowest BCUT2D eigenvalue weighted by Gasteiger charge is -2.41. The predicted octanol–water partition coefficient (Wildman–Crippen LogP) is 2.15. The molecule has 0 aromatic carbocycles. The van der Waals surface area contributed by atoms with E-state index in [1.54, 1.807) is 0 Å². The summed E-state index contributed by atoms with van der Waals surface area (Å²) in [5.41, 5.74) is -0.536. The molecule has 2 heterocycles. The standard InChI is InChI=1S/C18H31N3O3/c1-5-6-10-20-11-7-14(8-12-20)19-16(22)15-9-13-21(15)17(23)24-18(2,3)4/h5,14-15H,1,6-13H2,2-4H3,(H,19,22)/t15-/m1/s1. The molecule has 0 unspecified atom stereocenters. The first-order chi connectivity index (χ1) is 11.3. The van der Waals surface area contributed by atoms with Crippen LogP contribution in [0.25, 0.3) is 0 Å². The molecule has 136 valence electrons. The molecule has 0 aromatic rings. The molecule has 1 N–H and O–H groups in total. The number of hydrogen-bond acceptors (Lipinski definition) is 4. The topological polar surface area (TPSA) is 61.9 Å². The molecule has 24 heavy (non-hydrogen) atoms. The average molecular weight is 337 g/mol. The predicted molar refractivity (Wildman–Crippen MR) is 93.8 cm³/mol. The summed E-state index contributed by atoms with van der Waals surface area (Å²) in [5, 5.41) is 3.11. The van der Waals surface area contributed by atoms with Crippen LogP contribution in [0.15, 0.2) is 12.7 Å². The Bertz CT molecular complexity index is 465. The van der Waals surface area contributed by atoms with Gasteiger partial charge in [0.1, 0.15) is 11.6 Å². The molecule has 0 aromatic heterocycles. The Labute approximate surface area is 145 Å². The third-order valence-corrected chi connectivity index (χ3v) is 4.53. The number of hydrogen-bond donors (Lipinski definition) is 1. The number of rotatable bonds is 5. The molecule has 2 rings (SSSR count). The fourth-order valence-electron chi connectivity index (χ4n) is 3.07. The second-order valence-electron chi connectivity index (χ2n) is 7.68. The smallest absolute Gasteiger partial charge is 0.410 e. The third kappa shape index (κ3) is 5.23. The first-order valence-electron chi connectivity index (χ1n) is 8.93. The van der Waals surface area contributed by atoms with Crippen molar-refractivity contribution in [3.63, 3.8) is 0 Å². The molecule has 1 atom stereocenters. The van der Waals surface area contributed by atoms with Crippen LogP contribution in [0.1, 0.15) is 46.5 Å². The Morgan fingerprint density at radius 1 is 1.21 bits per heavy atom. The van der Waals surface area contributed by atoms with Crippen LogP contribution in [0, 0.1) is 0 Å². The van der Waals surface area contributed by atoms with Crippen LogP contribution in [0.4, 0.5) is 4.79 Å². The molecule has 2 fully saturated rings. The summed E-state index contributed by atoms with van der Waals surface area (Å²) in [6.07, 6.45) is 5.18. The van der Waals surface area contributed by atoms with Gasteiger partial charge in [-0.25, -0.2) is 4.79 Å². The summed E-state index contributed by atoms with van der Waals surface area (Å²) in [5.74, 6) is -0.0448. The fraction of sp³-hybridized carbons (Fsp3) is 0.778. The zero-order valence-corrected chi connectivity index (χ0v) is 15.2. The highest BCUT2D eigenvalue weighted by Crippen LogP contribution is 2.22. The van der Waals surface area contributed by atoms with Gasteiger partial charge in [-0.3, -0.25) is 9.69 Å². The van der Waals surface area contributed by atoms with E-state index in [0.717, 1.165) is 38.9 Å². The number of amides is 2. The quantitative estimate of drug-likeness (QED) is 0.781. The highest BCUT2D eigenvalue weighted by molar-refractivity contribution is 5.87. The van der Waals surface area contributed by atoms with Crippen LogP contribution in [-0.2, 0) is 9.53 Å². The van der Waals surface area contributed by atoms with Crippen LogP contribution < -0.4 is 5.32 Å². The van der Waals surface area contributed by atoms with Gasteiger partial charge in [-0.2, -0.15) is 0 Å². The lowest BCUT2D eigenvalue weighted by molar-refractivity contribution is -0.131. The number of carbonyl (C=O) groups is 2. The maximum absolute atomic E-state index is 12.4. The number of likely N-dealkylation sites (tertiary alicyclic amines) is 2. The van der Waals surface area contributed by atoms with E-state index in [2.05, 4.69) is 16.8 Å². The molecular formula is C18H31N3O3. The summed E-state index contributed by atoms with van der Waals surface area (Å²) in [7, 11) is 0. The summed E-state index contributed by atoms with van der Waals surface area (Å²) < 4.78 is 5.36. The third-order valence-electron chi connectivity index (χ3n) is 4.53. The molecule has 6 nitrogen and oxygen atoms in total. The summed E-state index contributed by atoms with van der Waals surface area (Å²) in [6, 6.07) is -0.169. The lowest BCUT2D eigenvalue weighted by Crippen LogP contribution is -2.60. The molecule has 2 amide bonds. The van der Waals surface area contributed by atoms with Gasteiger partial charge in [-0.05, 0) is 46.5 Å².